The van der Waals surface area contributed by atoms with E-state index in [0.29, 0.717) is 18.5 Å². The fourth-order valence-corrected chi connectivity index (χ4v) is 3.44. The third kappa shape index (κ3) is 4.03. The highest BCUT2D eigenvalue weighted by molar-refractivity contribution is 5.16. The molecule has 2 N–H and O–H groups in total. The second-order valence-electron chi connectivity index (χ2n) is 6.37. The first kappa shape index (κ1) is 15.5. The molecular weight excluding hydrogens is 251 g/mol. The third-order valence-corrected chi connectivity index (χ3v) is 4.73. The number of benzene rings is 1. The van der Waals surface area contributed by atoms with Crippen molar-refractivity contribution in [3.63, 3.8) is 0 Å². The standard InChI is InChI=1S/C17H27FN2/c1-13-6-8-15(9-7-13)17(11-19)20(2)12-14-4-3-5-16(18)10-14/h3-5,10,13,15,17H,6-9,11-12,19H2,1-2H3. The first-order valence-electron chi connectivity index (χ1n) is 7.75. The number of hydrogen-bond acceptors (Lipinski definition) is 2. The summed E-state index contributed by atoms with van der Waals surface area (Å²) in [6.07, 6.45) is 5.18. The topological polar surface area (TPSA) is 29.3 Å². The fourth-order valence-electron chi connectivity index (χ4n) is 3.44. The zero-order chi connectivity index (χ0) is 14.5. The van der Waals surface area contributed by atoms with Gasteiger partial charge in [-0.1, -0.05) is 31.9 Å². The number of hydrogen-bond donors (Lipinski definition) is 1. The van der Waals surface area contributed by atoms with E-state index in [1.54, 1.807) is 12.1 Å². The number of nitrogens with zero attached hydrogens (tertiary/aromatic N) is 1. The van der Waals surface area contributed by atoms with Crippen molar-refractivity contribution in [3.05, 3.63) is 35.6 Å². The molecule has 1 aliphatic carbocycles. The highest BCUT2D eigenvalue weighted by atomic mass is 19.1. The van der Waals surface area contributed by atoms with Crippen LogP contribution in [0.2, 0.25) is 0 Å². The van der Waals surface area contributed by atoms with Crippen LogP contribution in [0.15, 0.2) is 24.3 Å². The molecule has 2 nitrogen and oxygen atoms in total. The summed E-state index contributed by atoms with van der Waals surface area (Å²) < 4.78 is 13.3. The van der Waals surface area contributed by atoms with Gasteiger partial charge in [-0.05, 0) is 49.4 Å². The number of nitrogens with two attached hydrogens (primary N) is 1. The number of rotatable bonds is 5. The minimum Gasteiger partial charge on any atom is -0.329 e. The molecule has 1 aliphatic rings. The van der Waals surface area contributed by atoms with Crippen molar-refractivity contribution in [1.82, 2.24) is 4.90 Å². The molecule has 1 aromatic carbocycles. The van der Waals surface area contributed by atoms with Gasteiger partial charge in [0.2, 0.25) is 0 Å². The van der Waals surface area contributed by atoms with E-state index in [9.17, 15) is 4.39 Å². The highest BCUT2D eigenvalue weighted by Crippen LogP contribution is 2.32. The number of halogens is 1. The van der Waals surface area contributed by atoms with Crippen LogP contribution in [0.3, 0.4) is 0 Å². The van der Waals surface area contributed by atoms with Gasteiger partial charge in [0.15, 0.2) is 0 Å². The van der Waals surface area contributed by atoms with Crippen molar-refractivity contribution in [2.45, 2.75) is 45.2 Å². The Morgan fingerprint density at radius 1 is 1.30 bits per heavy atom. The van der Waals surface area contributed by atoms with Gasteiger partial charge in [-0.15, -0.1) is 0 Å². The predicted molar refractivity (Wildman–Crippen MR) is 81.8 cm³/mol. The molecule has 0 spiro atoms. The van der Waals surface area contributed by atoms with E-state index in [2.05, 4.69) is 18.9 Å². The zero-order valence-electron chi connectivity index (χ0n) is 12.7. The van der Waals surface area contributed by atoms with E-state index in [4.69, 9.17) is 5.73 Å². The van der Waals surface area contributed by atoms with E-state index in [-0.39, 0.29) is 5.82 Å². The summed E-state index contributed by atoms with van der Waals surface area (Å²) in [6, 6.07) is 7.28. The lowest BCUT2D eigenvalue weighted by Gasteiger charge is -2.37. The molecule has 0 amide bonds. The summed E-state index contributed by atoms with van der Waals surface area (Å²) in [7, 11) is 2.11. The van der Waals surface area contributed by atoms with Crippen LogP contribution in [0.4, 0.5) is 4.39 Å². The Bertz CT molecular complexity index is 413. The maximum atomic E-state index is 13.3. The molecule has 2 rings (SSSR count). The van der Waals surface area contributed by atoms with Crippen molar-refractivity contribution in [2.75, 3.05) is 13.6 Å². The van der Waals surface area contributed by atoms with E-state index in [1.165, 1.54) is 31.7 Å². The largest absolute Gasteiger partial charge is 0.329 e. The molecule has 0 saturated heterocycles. The average molecular weight is 278 g/mol. The van der Waals surface area contributed by atoms with Gasteiger partial charge in [-0.2, -0.15) is 0 Å². The second-order valence-corrected chi connectivity index (χ2v) is 6.37. The minimum atomic E-state index is -0.160. The SMILES string of the molecule is CC1CCC(C(CN)N(C)Cc2cccc(F)c2)CC1. The normalized spacial score (nSPS) is 24.9. The predicted octanol–water partition coefficient (Wildman–Crippen LogP) is 3.41. The lowest BCUT2D eigenvalue weighted by atomic mass is 9.79. The maximum absolute atomic E-state index is 13.3. The first-order chi connectivity index (χ1) is 9.60. The Balaban J connectivity index is 1.96. The molecule has 112 valence electrons. The van der Waals surface area contributed by atoms with E-state index < -0.39 is 0 Å². The fraction of sp³-hybridized carbons (Fsp3) is 0.647. The van der Waals surface area contributed by atoms with Crippen LogP contribution in [-0.4, -0.2) is 24.5 Å². The smallest absolute Gasteiger partial charge is 0.123 e. The van der Waals surface area contributed by atoms with Crippen LogP contribution in [-0.2, 0) is 6.54 Å². The molecular formula is C17H27FN2. The molecule has 0 aromatic heterocycles. The third-order valence-electron chi connectivity index (χ3n) is 4.73. The summed E-state index contributed by atoms with van der Waals surface area (Å²) in [4.78, 5) is 2.30. The first-order valence-corrected chi connectivity index (χ1v) is 7.75. The Labute approximate surface area is 122 Å². The molecule has 0 aliphatic heterocycles. The Hall–Kier alpha value is -0.930. The van der Waals surface area contributed by atoms with Crippen LogP contribution in [0.5, 0.6) is 0 Å². The van der Waals surface area contributed by atoms with Crippen LogP contribution >= 0.6 is 0 Å². The quantitative estimate of drug-likeness (QED) is 0.894. The monoisotopic (exact) mass is 278 g/mol. The summed E-state index contributed by atoms with van der Waals surface area (Å²) in [6.45, 7) is 3.79. The van der Waals surface area contributed by atoms with Crippen LogP contribution in [0.25, 0.3) is 0 Å². The Morgan fingerprint density at radius 3 is 2.60 bits per heavy atom. The van der Waals surface area contributed by atoms with Crippen molar-refractivity contribution in [3.8, 4) is 0 Å². The molecule has 0 radical (unpaired) electrons. The van der Waals surface area contributed by atoms with E-state index >= 15 is 0 Å². The molecule has 1 fully saturated rings. The average Bonchev–Trinajstić information content (AvgIpc) is 2.42. The summed E-state index contributed by atoms with van der Waals surface area (Å²) >= 11 is 0. The highest BCUT2D eigenvalue weighted by Gasteiger charge is 2.27. The van der Waals surface area contributed by atoms with Gasteiger partial charge in [0.05, 0.1) is 0 Å². The summed E-state index contributed by atoms with van der Waals surface area (Å²) in [5, 5.41) is 0. The van der Waals surface area contributed by atoms with Gasteiger partial charge >= 0.3 is 0 Å². The Kier molecular flexibility index (Phi) is 5.55. The van der Waals surface area contributed by atoms with Crippen molar-refractivity contribution >= 4 is 0 Å². The molecule has 1 aromatic rings. The molecule has 1 unspecified atom stereocenters. The van der Waals surface area contributed by atoms with Gasteiger partial charge in [0, 0.05) is 19.1 Å². The molecule has 20 heavy (non-hydrogen) atoms. The zero-order valence-corrected chi connectivity index (χ0v) is 12.7. The van der Waals surface area contributed by atoms with Gasteiger partial charge < -0.3 is 5.73 Å². The van der Waals surface area contributed by atoms with Gasteiger partial charge in [0.1, 0.15) is 5.82 Å². The maximum Gasteiger partial charge on any atom is 0.123 e. The molecule has 3 heteroatoms. The van der Waals surface area contributed by atoms with E-state index in [1.807, 2.05) is 6.07 Å². The van der Waals surface area contributed by atoms with Crippen LogP contribution < -0.4 is 5.73 Å². The van der Waals surface area contributed by atoms with Gasteiger partial charge in [0.25, 0.3) is 0 Å². The summed E-state index contributed by atoms with van der Waals surface area (Å²) in [5.74, 6) is 1.39. The van der Waals surface area contributed by atoms with E-state index in [0.717, 1.165) is 18.0 Å². The molecule has 0 heterocycles. The lowest BCUT2D eigenvalue weighted by molar-refractivity contribution is 0.130. The molecule has 1 saturated carbocycles. The molecule has 1 atom stereocenters. The van der Waals surface area contributed by atoms with Gasteiger partial charge in [-0.3, -0.25) is 4.90 Å². The van der Waals surface area contributed by atoms with Crippen molar-refractivity contribution < 1.29 is 4.39 Å². The lowest BCUT2D eigenvalue weighted by Crippen LogP contribution is -2.44. The summed E-state index contributed by atoms with van der Waals surface area (Å²) in [5.41, 5.74) is 7.03. The van der Waals surface area contributed by atoms with Crippen LogP contribution in [0.1, 0.15) is 38.2 Å². The Morgan fingerprint density at radius 2 is 2.00 bits per heavy atom. The molecule has 0 bridgehead atoms. The second kappa shape index (κ2) is 7.19. The van der Waals surface area contributed by atoms with Crippen molar-refractivity contribution in [1.29, 1.82) is 0 Å². The minimum absolute atomic E-state index is 0.160. The number of likely N-dealkylation sites (N-methyl/N-ethyl adjacent to an activating group) is 1. The van der Waals surface area contributed by atoms with Gasteiger partial charge in [-0.25, -0.2) is 4.39 Å². The van der Waals surface area contributed by atoms with Crippen molar-refractivity contribution in [2.24, 2.45) is 17.6 Å². The van der Waals surface area contributed by atoms with Crippen LogP contribution in [0, 0.1) is 17.7 Å².